The van der Waals surface area contributed by atoms with E-state index >= 15 is 0 Å². The lowest BCUT2D eigenvalue weighted by Crippen LogP contribution is -1.98. The van der Waals surface area contributed by atoms with Crippen LogP contribution in [0.15, 0.2) is 12.1 Å². The standard InChI is InChI=1S/C9H8F2O2/c10-6-2-3-7(11)9-8(6)12-4-1-5-13-9/h2-3H,1,4-5H2. The number of hydrogen-bond donors (Lipinski definition) is 0. The summed E-state index contributed by atoms with van der Waals surface area (Å²) in [6.07, 6.45) is 0.632. The van der Waals surface area contributed by atoms with Crippen molar-refractivity contribution in [2.75, 3.05) is 13.2 Å². The number of hydrogen-bond acceptors (Lipinski definition) is 2. The number of rotatable bonds is 0. The minimum absolute atomic E-state index is 0.113. The Balaban J connectivity index is 2.50. The Hall–Kier alpha value is -1.32. The van der Waals surface area contributed by atoms with Crippen molar-refractivity contribution >= 4 is 0 Å². The largest absolute Gasteiger partial charge is 0.487 e. The van der Waals surface area contributed by atoms with Crippen LogP contribution < -0.4 is 9.47 Å². The highest BCUT2D eigenvalue weighted by Gasteiger charge is 2.18. The van der Waals surface area contributed by atoms with Crippen LogP contribution in [0, 0.1) is 11.6 Å². The molecular weight excluding hydrogens is 178 g/mol. The van der Waals surface area contributed by atoms with Gasteiger partial charge in [-0.05, 0) is 12.1 Å². The molecular formula is C9H8F2O2. The zero-order valence-electron chi connectivity index (χ0n) is 6.85. The highest BCUT2D eigenvalue weighted by Crippen LogP contribution is 2.34. The molecule has 70 valence electrons. The van der Waals surface area contributed by atoms with E-state index in [1.807, 2.05) is 0 Å². The van der Waals surface area contributed by atoms with Gasteiger partial charge in [-0.15, -0.1) is 0 Å². The molecule has 1 aliphatic rings. The number of halogens is 2. The zero-order chi connectivity index (χ0) is 9.26. The highest BCUT2D eigenvalue weighted by molar-refractivity contribution is 5.42. The smallest absolute Gasteiger partial charge is 0.200 e. The van der Waals surface area contributed by atoms with E-state index in [0.717, 1.165) is 12.1 Å². The Morgan fingerprint density at radius 2 is 1.38 bits per heavy atom. The fourth-order valence-corrected chi connectivity index (χ4v) is 1.19. The first-order chi connectivity index (χ1) is 6.29. The van der Waals surface area contributed by atoms with E-state index in [4.69, 9.17) is 9.47 Å². The van der Waals surface area contributed by atoms with Gasteiger partial charge in [-0.1, -0.05) is 0 Å². The Morgan fingerprint density at radius 3 is 1.85 bits per heavy atom. The van der Waals surface area contributed by atoms with Crippen molar-refractivity contribution in [2.45, 2.75) is 6.42 Å². The minimum atomic E-state index is -0.585. The van der Waals surface area contributed by atoms with Crippen molar-refractivity contribution in [1.82, 2.24) is 0 Å². The fraction of sp³-hybridized carbons (Fsp3) is 0.333. The highest BCUT2D eigenvalue weighted by atomic mass is 19.1. The maximum atomic E-state index is 13.1. The van der Waals surface area contributed by atoms with Crippen molar-refractivity contribution in [1.29, 1.82) is 0 Å². The van der Waals surface area contributed by atoms with Gasteiger partial charge >= 0.3 is 0 Å². The van der Waals surface area contributed by atoms with Gasteiger partial charge in [0, 0.05) is 6.42 Å². The van der Waals surface area contributed by atoms with Crippen LogP contribution in [0.5, 0.6) is 11.5 Å². The van der Waals surface area contributed by atoms with Crippen molar-refractivity contribution in [2.24, 2.45) is 0 Å². The first-order valence-electron chi connectivity index (χ1n) is 4.02. The van der Waals surface area contributed by atoms with Crippen LogP contribution in [-0.4, -0.2) is 13.2 Å². The third kappa shape index (κ3) is 1.43. The second-order valence-electron chi connectivity index (χ2n) is 2.74. The van der Waals surface area contributed by atoms with Crippen LogP contribution >= 0.6 is 0 Å². The molecule has 0 N–H and O–H groups in total. The fourth-order valence-electron chi connectivity index (χ4n) is 1.19. The van der Waals surface area contributed by atoms with Gasteiger partial charge in [0.1, 0.15) is 0 Å². The second kappa shape index (κ2) is 3.20. The Bertz CT molecular complexity index is 295. The average Bonchev–Trinajstić information content (AvgIpc) is 2.37. The summed E-state index contributed by atoms with van der Waals surface area (Å²) in [5.41, 5.74) is 0. The average molecular weight is 186 g/mol. The van der Waals surface area contributed by atoms with Gasteiger partial charge in [-0.25, -0.2) is 8.78 Å². The molecule has 0 bridgehead atoms. The predicted molar refractivity (Wildman–Crippen MR) is 42.0 cm³/mol. The van der Waals surface area contributed by atoms with Gasteiger partial charge < -0.3 is 9.47 Å². The number of fused-ring (bicyclic) bond motifs is 1. The molecule has 1 aromatic rings. The van der Waals surface area contributed by atoms with Crippen molar-refractivity contribution < 1.29 is 18.3 Å². The van der Waals surface area contributed by atoms with E-state index in [1.54, 1.807) is 0 Å². The topological polar surface area (TPSA) is 18.5 Å². The quantitative estimate of drug-likeness (QED) is 0.617. The minimum Gasteiger partial charge on any atom is -0.487 e. The molecule has 0 aromatic heterocycles. The van der Waals surface area contributed by atoms with Crippen LogP contribution in [-0.2, 0) is 0 Å². The van der Waals surface area contributed by atoms with Crippen LogP contribution in [0.3, 0.4) is 0 Å². The molecule has 0 fully saturated rings. The molecule has 1 aromatic carbocycles. The van der Waals surface area contributed by atoms with Crippen molar-refractivity contribution in [3.63, 3.8) is 0 Å². The van der Waals surface area contributed by atoms with Crippen molar-refractivity contribution in [3.8, 4) is 11.5 Å². The molecule has 2 nitrogen and oxygen atoms in total. The van der Waals surface area contributed by atoms with Crippen molar-refractivity contribution in [3.05, 3.63) is 23.8 Å². The summed E-state index contributed by atoms with van der Waals surface area (Å²) in [5.74, 6) is -1.40. The Labute approximate surface area is 74.1 Å². The molecule has 0 saturated carbocycles. The third-order valence-electron chi connectivity index (χ3n) is 1.80. The maximum absolute atomic E-state index is 13.1. The van der Waals surface area contributed by atoms with Crippen LogP contribution in [0.25, 0.3) is 0 Å². The summed E-state index contributed by atoms with van der Waals surface area (Å²) < 4.78 is 36.2. The molecule has 0 spiro atoms. The van der Waals surface area contributed by atoms with Gasteiger partial charge in [0.2, 0.25) is 0 Å². The zero-order valence-corrected chi connectivity index (χ0v) is 6.85. The third-order valence-corrected chi connectivity index (χ3v) is 1.80. The monoisotopic (exact) mass is 186 g/mol. The molecule has 1 aliphatic heterocycles. The van der Waals surface area contributed by atoms with E-state index in [9.17, 15) is 8.78 Å². The lowest BCUT2D eigenvalue weighted by atomic mass is 10.3. The summed E-state index contributed by atoms with van der Waals surface area (Å²) in [4.78, 5) is 0. The maximum Gasteiger partial charge on any atom is 0.200 e. The molecule has 0 saturated heterocycles. The molecule has 1 heterocycles. The van der Waals surface area contributed by atoms with Crippen LogP contribution in [0.1, 0.15) is 6.42 Å². The molecule has 13 heavy (non-hydrogen) atoms. The van der Waals surface area contributed by atoms with Gasteiger partial charge in [0.05, 0.1) is 13.2 Å². The molecule has 0 radical (unpaired) electrons. The van der Waals surface area contributed by atoms with E-state index < -0.39 is 11.6 Å². The molecule has 2 rings (SSSR count). The van der Waals surface area contributed by atoms with Crippen LogP contribution in [0.2, 0.25) is 0 Å². The van der Waals surface area contributed by atoms with E-state index in [-0.39, 0.29) is 11.5 Å². The summed E-state index contributed by atoms with van der Waals surface area (Å²) in [6, 6.07) is 2.06. The lowest BCUT2D eigenvalue weighted by molar-refractivity contribution is 0.289. The molecule has 0 aliphatic carbocycles. The summed E-state index contributed by atoms with van der Waals surface area (Å²) in [7, 11) is 0. The van der Waals surface area contributed by atoms with E-state index in [2.05, 4.69) is 0 Å². The van der Waals surface area contributed by atoms with Gasteiger partial charge in [-0.2, -0.15) is 0 Å². The summed E-state index contributed by atoms with van der Waals surface area (Å²) >= 11 is 0. The molecule has 0 amide bonds. The van der Waals surface area contributed by atoms with Crippen LogP contribution in [0.4, 0.5) is 8.78 Å². The predicted octanol–water partition coefficient (Wildman–Crippen LogP) is 2.13. The first kappa shape index (κ1) is 8.29. The SMILES string of the molecule is Fc1ccc(F)c2c1OCCCO2. The summed E-state index contributed by atoms with van der Waals surface area (Å²) in [5, 5.41) is 0. The number of ether oxygens (including phenoxy) is 2. The summed E-state index contributed by atoms with van der Waals surface area (Å²) in [6.45, 7) is 0.709. The second-order valence-corrected chi connectivity index (χ2v) is 2.74. The van der Waals surface area contributed by atoms with Gasteiger partial charge in [0.15, 0.2) is 23.1 Å². The van der Waals surface area contributed by atoms with Gasteiger partial charge in [0.25, 0.3) is 0 Å². The Morgan fingerprint density at radius 1 is 0.923 bits per heavy atom. The lowest BCUT2D eigenvalue weighted by Gasteiger charge is -2.07. The Kier molecular flexibility index (Phi) is 2.04. The number of benzene rings is 1. The first-order valence-corrected chi connectivity index (χ1v) is 4.02. The normalized spacial score (nSPS) is 15.2. The van der Waals surface area contributed by atoms with E-state index in [0.29, 0.717) is 19.6 Å². The molecule has 0 atom stereocenters. The molecule has 0 unspecified atom stereocenters. The van der Waals surface area contributed by atoms with E-state index in [1.165, 1.54) is 0 Å². The van der Waals surface area contributed by atoms with Gasteiger partial charge in [-0.3, -0.25) is 0 Å². The molecule has 4 heteroatoms.